The number of methoxy groups -OCH3 is 1. The third-order valence-electron chi connectivity index (χ3n) is 3.30. The van der Waals surface area contributed by atoms with Crippen LogP contribution < -0.4 is 15.2 Å². The molecule has 0 aliphatic carbocycles. The van der Waals surface area contributed by atoms with Crippen LogP contribution in [-0.4, -0.2) is 40.7 Å². The molecule has 3 N–H and O–H groups in total. The van der Waals surface area contributed by atoms with Crippen LogP contribution in [0.2, 0.25) is 0 Å². The van der Waals surface area contributed by atoms with Crippen LogP contribution in [0.4, 0.5) is 0 Å². The first-order valence-corrected chi connectivity index (χ1v) is 8.06. The summed E-state index contributed by atoms with van der Waals surface area (Å²) in [6, 6.07) is 3.95. The maximum atomic E-state index is 12.3. The molecule has 8 heteroatoms. The Balaban J connectivity index is 2.25. The highest BCUT2D eigenvalue weighted by molar-refractivity contribution is 7.89. The molecule has 0 unspecified atom stereocenters. The Morgan fingerprint density at radius 2 is 2.05 bits per heavy atom. The molecule has 1 aromatic rings. The summed E-state index contributed by atoms with van der Waals surface area (Å²) in [7, 11) is -2.46. The lowest BCUT2D eigenvalue weighted by atomic mass is 10.1. The second kappa shape index (κ2) is 6.42. The largest absolute Gasteiger partial charge is 0.496 e. The number of carbonyl (C=O) groups excluding carboxylic acids is 1. The number of sulfonamides is 1. The highest BCUT2D eigenvalue weighted by Crippen LogP contribution is 2.22. The zero-order valence-corrected chi connectivity index (χ0v) is 12.5. The standard InChI is InChI=1S/C13H18N2O5S/c1-19-12-3-2-10(21(14,17)18)8-11(12)13(16)15-9-4-6-20-7-5-9/h2-3,8-9H,4-7H2,1H3,(H,15,16)(H2,14,17,18). The van der Waals surface area contributed by atoms with Gasteiger partial charge in [-0.05, 0) is 31.0 Å². The zero-order valence-electron chi connectivity index (χ0n) is 11.7. The number of amides is 1. The minimum Gasteiger partial charge on any atom is -0.496 e. The van der Waals surface area contributed by atoms with Crippen molar-refractivity contribution in [3.05, 3.63) is 23.8 Å². The molecule has 1 aliphatic heterocycles. The normalized spacial score (nSPS) is 16.5. The molecule has 116 valence electrons. The number of ether oxygens (including phenoxy) is 2. The molecule has 0 spiro atoms. The Kier molecular flexibility index (Phi) is 4.81. The topological polar surface area (TPSA) is 108 Å². The van der Waals surface area contributed by atoms with Gasteiger partial charge in [0.25, 0.3) is 5.91 Å². The van der Waals surface area contributed by atoms with E-state index in [4.69, 9.17) is 14.6 Å². The molecule has 1 amide bonds. The molecule has 0 bridgehead atoms. The van der Waals surface area contributed by atoms with Gasteiger partial charge >= 0.3 is 0 Å². The molecule has 1 saturated heterocycles. The highest BCUT2D eigenvalue weighted by Gasteiger charge is 2.21. The van der Waals surface area contributed by atoms with Crippen LogP contribution in [0.25, 0.3) is 0 Å². The highest BCUT2D eigenvalue weighted by atomic mass is 32.2. The van der Waals surface area contributed by atoms with Gasteiger partial charge in [0, 0.05) is 19.3 Å². The fourth-order valence-corrected chi connectivity index (χ4v) is 2.69. The third-order valence-corrected chi connectivity index (χ3v) is 4.21. The van der Waals surface area contributed by atoms with E-state index in [2.05, 4.69) is 5.32 Å². The Hall–Kier alpha value is -1.64. The van der Waals surface area contributed by atoms with E-state index in [1.165, 1.54) is 25.3 Å². The number of rotatable bonds is 4. The molecule has 2 rings (SSSR count). The van der Waals surface area contributed by atoms with Crippen LogP contribution >= 0.6 is 0 Å². The van der Waals surface area contributed by atoms with Crippen molar-refractivity contribution in [3.8, 4) is 5.75 Å². The number of benzene rings is 1. The summed E-state index contributed by atoms with van der Waals surface area (Å²) in [5.41, 5.74) is 0.149. The van der Waals surface area contributed by atoms with Crippen molar-refractivity contribution < 1.29 is 22.7 Å². The minimum atomic E-state index is -3.87. The molecule has 0 radical (unpaired) electrons. The first-order valence-electron chi connectivity index (χ1n) is 6.51. The van der Waals surface area contributed by atoms with Crippen LogP contribution in [-0.2, 0) is 14.8 Å². The second-order valence-electron chi connectivity index (χ2n) is 4.77. The van der Waals surface area contributed by atoms with Gasteiger partial charge in [-0.3, -0.25) is 4.79 Å². The fraction of sp³-hybridized carbons (Fsp3) is 0.462. The number of hydrogen-bond acceptors (Lipinski definition) is 5. The van der Waals surface area contributed by atoms with E-state index in [0.717, 1.165) is 12.8 Å². The van der Waals surface area contributed by atoms with Crippen molar-refractivity contribution in [1.82, 2.24) is 5.32 Å². The average molecular weight is 314 g/mol. The number of nitrogens with two attached hydrogens (primary N) is 1. The maximum absolute atomic E-state index is 12.3. The molecule has 1 aromatic carbocycles. The van der Waals surface area contributed by atoms with Crippen LogP contribution in [0.5, 0.6) is 5.75 Å². The number of hydrogen-bond donors (Lipinski definition) is 2. The summed E-state index contributed by atoms with van der Waals surface area (Å²) >= 11 is 0. The molecular weight excluding hydrogens is 296 g/mol. The van der Waals surface area contributed by atoms with Gasteiger partial charge in [0.15, 0.2) is 0 Å². The van der Waals surface area contributed by atoms with Crippen LogP contribution in [0.3, 0.4) is 0 Å². The van der Waals surface area contributed by atoms with Gasteiger partial charge in [-0.1, -0.05) is 0 Å². The lowest BCUT2D eigenvalue weighted by molar-refractivity contribution is 0.0695. The lowest BCUT2D eigenvalue weighted by Crippen LogP contribution is -2.39. The smallest absolute Gasteiger partial charge is 0.255 e. The Labute approximate surface area is 123 Å². The molecule has 0 atom stereocenters. The van der Waals surface area contributed by atoms with Gasteiger partial charge in [0.1, 0.15) is 5.75 Å². The molecule has 21 heavy (non-hydrogen) atoms. The molecule has 0 aromatic heterocycles. The summed E-state index contributed by atoms with van der Waals surface area (Å²) in [4.78, 5) is 12.2. The SMILES string of the molecule is COc1ccc(S(N)(=O)=O)cc1C(=O)NC1CCOCC1. The van der Waals surface area contributed by atoms with E-state index >= 15 is 0 Å². The average Bonchev–Trinajstić information content (AvgIpc) is 2.46. The van der Waals surface area contributed by atoms with E-state index in [9.17, 15) is 13.2 Å². The summed E-state index contributed by atoms with van der Waals surface area (Å²) in [6.07, 6.45) is 1.45. The number of nitrogens with one attached hydrogen (secondary N) is 1. The number of primary sulfonamides is 1. The molecule has 1 aliphatic rings. The van der Waals surface area contributed by atoms with E-state index in [0.29, 0.717) is 19.0 Å². The van der Waals surface area contributed by atoms with Crippen molar-refractivity contribution in [2.45, 2.75) is 23.8 Å². The van der Waals surface area contributed by atoms with Crippen molar-refractivity contribution in [1.29, 1.82) is 0 Å². The minimum absolute atomic E-state index is 0.00842. The summed E-state index contributed by atoms with van der Waals surface area (Å²) in [5.74, 6) is -0.0868. The summed E-state index contributed by atoms with van der Waals surface area (Å²) in [5, 5.41) is 7.94. The Morgan fingerprint density at radius 1 is 1.38 bits per heavy atom. The summed E-state index contributed by atoms with van der Waals surface area (Å²) < 4.78 is 33.1. The predicted octanol–water partition coefficient (Wildman–Crippen LogP) is 0.251. The number of carbonyl (C=O) groups is 1. The van der Waals surface area contributed by atoms with E-state index in [-0.39, 0.29) is 22.4 Å². The Bertz CT molecular complexity index is 623. The lowest BCUT2D eigenvalue weighted by Gasteiger charge is -2.23. The third kappa shape index (κ3) is 3.93. The fourth-order valence-electron chi connectivity index (χ4n) is 2.15. The summed E-state index contributed by atoms with van der Waals surface area (Å²) in [6.45, 7) is 1.19. The first kappa shape index (κ1) is 15.7. The molecule has 1 fully saturated rings. The van der Waals surface area contributed by atoms with Crippen LogP contribution in [0, 0.1) is 0 Å². The van der Waals surface area contributed by atoms with Gasteiger partial charge in [-0.25, -0.2) is 13.6 Å². The van der Waals surface area contributed by atoms with Crippen LogP contribution in [0.15, 0.2) is 23.1 Å². The molecule has 1 heterocycles. The maximum Gasteiger partial charge on any atom is 0.255 e. The van der Waals surface area contributed by atoms with Gasteiger partial charge in [0.2, 0.25) is 10.0 Å². The van der Waals surface area contributed by atoms with E-state index in [1.807, 2.05) is 0 Å². The quantitative estimate of drug-likeness (QED) is 0.828. The first-order chi connectivity index (χ1) is 9.91. The van der Waals surface area contributed by atoms with E-state index in [1.54, 1.807) is 0 Å². The zero-order chi connectivity index (χ0) is 15.5. The van der Waals surface area contributed by atoms with Gasteiger partial charge in [0.05, 0.1) is 17.6 Å². The molecule has 0 saturated carbocycles. The van der Waals surface area contributed by atoms with Crippen molar-refractivity contribution in [2.24, 2.45) is 5.14 Å². The van der Waals surface area contributed by atoms with Gasteiger partial charge in [-0.15, -0.1) is 0 Å². The Morgan fingerprint density at radius 3 is 2.62 bits per heavy atom. The molecular formula is C13H18N2O5S. The van der Waals surface area contributed by atoms with Crippen molar-refractivity contribution >= 4 is 15.9 Å². The monoisotopic (exact) mass is 314 g/mol. The van der Waals surface area contributed by atoms with Crippen LogP contribution in [0.1, 0.15) is 23.2 Å². The predicted molar refractivity (Wildman–Crippen MR) is 75.7 cm³/mol. The van der Waals surface area contributed by atoms with E-state index < -0.39 is 10.0 Å². The second-order valence-corrected chi connectivity index (χ2v) is 6.33. The van der Waals surface area contributed by atoms with Crippen molar-refractivity contribution in [3.63, 3.8) is 0 Å². The van der Waals surface area contributed by atoms with Crippen molar-refractivity contribution in [2.75, 3.05) is 20.3 Å². The van der Waals surface area contributed by atoms with Gasteiger partial charge in [-0.2, -0.15) is 0 Å². The van der Waals surface area contributed by atoms with Gasteiger partial charge < -0.3 is 14.8 Å². The molecule has 7 nitrogen and oxygen atoms in total.